The monoisotopic (exact) mass is 364 g/mol. The predicted octanol–water partition coefficient (Wildman–Crippen LogP) is 1.86. The second-order valence-corrected chi connectivity index (χ2v) is 6.26. The van der Waals surface area contributed by atoms with Gasteiger partial charge < -0.3 is 24.8 Å². The summed E-state index contributed by atoms with van der Waals surface area (Å²) in [7, 11) is 6.63. The highest BCUT2D eigenvalue weighted by molar-refractivity contribution is 5.79. The molecular weight excluding hydrogens is 332 g/mol. The molecule has 1 saturated heterocycles. The Morgan fingerprint density at radius 3 is 2.38 bits per heavy atom. The third-order valence-electron chi connectivity index (χ3n) is 4.82. The number of hydrogen-bond acceptors (Lipinski definition) is 5. The van der Waals surface area contributed by atoms with Crippen LogP contribution in [0.15, 0.2) is 17.1 Å². The van der Waals surface area contributed by atoms with E-state index in [1.165, 1.54) is 19.4 Å². The molecule has 1 fully saturated rings. The summed E-state index contributed by atoms with van der Waals surface area (Å²) in [6.07, 6.45) is 2.52. The van der Waals surface area contributed by atoms with Gasteiger partial charge in [0.05, 0.1) is 21.3 Å². The van der Waals surface area contributed by atoms with E-state index in [-0.39, 0.29) is 0 Å². The van der Waals surface area contributed by atoms with Crippen molar-refractivity contribution in [2.75, 3.05) is 48.0 Å². The van der Waals surface area contributed by atoms with Gasteiger partial charge in [0.25, 0.3) is 0 Å². The minimum atomic E-state index is 0.583. The van der Waals surface area contributed by atoms with Crippen molar-refractivity contribution in [3.8, 4) is 17.2 Å². The molecule has 0 bridgehead atoms. The van der Waals surface area contributed by atoms with Gasteiger partial charge in [0.15, 0.2) is 17.5 Å². The van der Waals surface area contributed by atoms with Crippen molar-refractivity contribution in [1.82, 2.24) is 15.5 Å². The maximum absolute atomic E-state index is 5.41. The number of ether oxygens (including phenoxy) is 3. The summed E-state index contributed by atoms with van der Waals surface area (Å²) in [4.78, 5) is 6.84. The minimum absolute atomic E-state index is 0.583. The molecular formula is C19H32N4O3. The maximum atomic E-state index is 5.41. The molecule has 0 aromatic heterocycles. The Balaban J connectivity index is 1.95. The van der Waals surface area contributed by atoms with Crippen LogP contribution in [0, 0.1) is 0 Å². The summed E-state index contributed by atoms with van der Waals surface area (Å²) >= 11 is 0. The lowest BCUT2D eigenvalue weighted by molar-refractivity contribution is 0.267. The van der Waals surface area contributed by atoms with Gasteiger partial charge in [-0.2, -0.15) is 0 Å². The van der Waals surface area contributed by atoms with Crippen LogP contribution in [0.2, 0.25) is 0 Å². The van der Waals surface area contributed by atoms with E-state index >= 15 is 0 Å². The number of methoxy groups -OCH3 is 3. The third-order valence-corrected chi connectivity index (χ3v) is 4.82. The fourth-order valence-electron chi connectivity index (χ4n) is 3.40. The molecule has 1 aliphatic rings. The molecule has 0 spiro atoms. The lowest BCUT2D eigenvalue weighted by Crippen LogP contribution is -2.44. The summed E-state index contributed by atoms with van der Waals surface area (Å²) < 4.78 is 16.2. The number of benzene rings is 1. The van der Waals surface area contributed by atoms with Crippen molar-refractivity contribution >= 4 is 5.96 Å². The number of rotatable bonds is 8. The third kappa shape index (κ3) is 4.94. The van der Waals surface area contributed by atoms with E-state index in [0.717, 1.165) is 24.6 Å². The van der Waals surface area contributed by atoms with Gasteiger partial charge in [-0.05, 0) is 43.6 Å². The fourth-order valence-corrected chi connectivity index (χ4v) is 3.40. The minimum Gasteiger partial charge on any atom is -0.493 e. The molecule has 2 rings (SSSR count). The molecule has 7 nitrogen and oxygen atoms in total. The lowest BCUT2D eigenvalue weighted by atomic mass is 10.2. The van der Waals surface area contributed by atoms with E-state index in [1.807, 2.05) is 12.1 Å². The van der Waals surface area contributed by atoms with Crippen LogP contribution >= 0.6 is 0 Å². The van der Waals surface area contributed by atoms with Crippen LogP contribution in [-0.4, -0.2) is 64.9 Å². The highest BCUT2D eigenvalue weighted by Gasteiger charge is 2.22. The quantitative estimate of drug-likeness (QED) is 0.542. The van der Waals surface area contributed by atoms with E-state index < -0.39 is 0 Å². The SMILES string of the molecule is CCN1CCCC1CNC(=NC)NCc1cc(OC)c(OC)c(OC)c1. The molecule has 1 atom stereocenters. The molecule has 0 amide bonds. The van der Waals surface area contributed by atoms with Crippen LogP contribution in [0.5, 0.6) is 17.2 Å². The number of aliphatic imine (C=N–C) groups is 1. The van der Waals surface area contributed by atoms with Gasteiger partial charge in [0.1, 0.15) is 0 Å². The van der Waals surface area contributed by atoms with Crippen LogP contribution < -0.4 is 24.8 Å². The van der Waals surface area contributed by atoms with Gasteiger partial charge in [0, 0.05) is 26.2 Å². The number of likely N-dealkylation sites (tertiary alicyclic amines) is 1. The van der Waals surface area contributed by atoms with Crippen molar-refractivity contribution in [3.63, 3.8) is 0 Å². The van der Waals surface area contributed by atoms with Gasteiger partial charge in [-0.25, -0.2) is 0 Å². The number of hydrogen-bond donors (Lipinski definition) is 2. The number of nitrogens with one attached hydrogen (secondary N) is 2. The first-order valence-corrected chi connectivity index (χ1v) is 9.14. The molecule has 0 radical (unpaired) electrons. The lowest BCUT2D eigenvalue weighted by Gasteiger charge is -2.24. The first kappa shape index (κ1) is 20.2. The summed E-state index contributed by atoms with van der Waals surface area (Å²) in [6.45, 7) is 6.03. The van der Waals surface area contributed by atoms with Crippen molar-refractivity contribution in [3.05, 3.63) is 17.7 Å². The Morgan fingerprint density at radius 1 is 1.15 bits per heavy atom. The molecule has 7 heteroatoms. The molecule has 26 heavy (non-hydrogen) atoms. The first-order chi connectivity index (χ1) is 12.7. The van der Waals surface area contributed by atoms with Crippen molar-refractivity contribution < 1.29 is 14.2 Å². The highest BCUT2D eigenvalue weighted by atomic mass is 16.5. The topological polar surface area (TPSA) is 67.4 Å². The predicted molar refractivity (Wildman–Crippen MR) is 105 cm³/mol. The van der Waals surface area contributed by atoms with Crippen LogP contribution in [0.25, 0.3) is 0 Å². The van der Waals surface area contributed by atoms with Gasteiger partial charge in [-0.1, -0.05) is 6.92 Å². The van der Waals surface area contributed by atoms with E-state index in [0.29, 0.717) is 29.8 Å². The van der Waals surface area contributed by atoms with Gasteiger partial charge >= 0.3 is 0 Å². The van der Waals surface area contributed by atoms with Gasteiger partial charge in [0.2, 0.25) is 5.75 Å². The molecule has 1 heterocycles. The Kier molecular flexibility index (Phi) is 7.84. The number of guanidine groups is 1. The van der Waals surface area contributed by atoms with Crippen molar-refractivity contribution in [1.29, 1.82) is 0 Å². The normalized spacial score (nSPS) is 17.9. The molecule has 0 saturated carbocycles. The fraction of sp³-hybridized carbons (Fsp3) is 0.632. The van der Waals surface area contributed by atoms with Crippen LogP contribution in [-0.2, 0) is 6.54 Å². The standard InChI is InChI=1S/C19H32N4O3/c1-6-23-9-7-8-15(23)13-22-19(20-2)21-12-14-10-16(24-3)18(26-5)17(11-14)25-4/h10-11,15H,6-9,12-13H2,1-5H3,(H2,20,21,22). The molecule has 146 valence electrons. The average molecular weight is 364 g/mol. The summed E-state index contributed by atoms with van der Waals surface area (Å²) in [6, 6.07) is 4.47. The molecule has 1 aliphatic heterocycles. The molecule has 2 N–H and O–H groups in total. The smallest absolute Gasteiger partial charge is 0.203 e. The van der Waals surface area contributed by atoms with E-state index in [1.54, 1.807) is 28.4 Å². The molecule has 1 aromatic rings. The Bertz CT molecular complexity index is 581. The Morgan fingerprint density at radius 2 is 1.85 bits per heavy atom. The Labute approximate surface area is 156 Å². The van der Waals surface area contributed by atoms with Crippen molar-refractivity contribution in [2.45, 2.75) is 32.4 Å². The van der Waals surface area contributed by atoms with E-state index in [4.69, 9.17) is 14.2 Å². The molecule has 1 aromatic carbocycles. The van der Waals surface area contributed by atoms with Crippen LogP contribution in [0.3, 0.4) is 0 Å². The number of likely N-dealkylation sites (N-methyl/N-ethyl adjacent to an activating group) is 1. The van der Waals surface area contributed by atoms with E-state index in [9.17, 15) is 0 Å². The summed E-state index contributed by atoms with van der Waals surface area (Å²) in [5.74, 6) is 2.69. The Hall–Kier alpha value is -2.15. The summed E-state index contributed by atoms with van der Waals surface area (Å²) in [5.41, 5.74) is 1.03. The van der Waals surface area contributed by atoms with E-state index in [2.05, 4.69) is 27.4 Å². The first-order valence-electron chi connectivity index (χ1n) is 9.14. The second-order valence-electron chi connectivity index (χ2n) is 6.26. The number of nitrogens with zero attached hydrogens (tertiary/aromatic N) is 2. The largest absolute Gasteiger partial charge is 0.493 e. The maximum Gasteiger partial charge on any atom is 0.203 e. The van der Waals surface area contributed by atoms with Crippen LogP contribution in [0.4, 0.5) is 0 Å². The van der Waals surface area contributed by atoms with Crippen LogP contribution in [0.1, 0.15) is 25.3 Å². The summed E-state index contributed by atoms with van der Waals surface area (Å²) in [5, 5.41) is 6.79. The zero-order valence-electron chi connectivity index (χ0n) is 16.6. The zero-order chi connectivity index (χ0) is 18.9. The highest BCUT2D eigenvalue weighted by Crippen LogP contribution is 2.38. The second kappa shape index (κ2) is 10.1. The molecule has 1 unspecified atom stereocenters. The van der Waals surface area contributed by atoms with Gasteiger partial charge in [-0.15, -0.1) is 0 Å². The zero-order valence-corrected chi connectivity index (χ0v) is 16.6. The average Bonchev–Trinajstić information content (AvgIpc) is 3.14. The molecule has 0 aliphatic carbocycles. The van der Waals surface area contributed by atoms with Gasteiger partial charge in [-0.3, -0.25) is 9.89 Å². The van der Waals surface area contributed by atoms with Crippen molar-refractivity contribution in [2.24, 2.45) is 4.99 Å².